The zero-order valence-electron chi connectivity index (χ0n) is 8.01. The van der Waals surface area contributed by atoms with Crippen molar-refractivity contribution >= 4 is 0 Å². The van der Waals surface area contributed by atoms with E-state index < -0.39 is 0 Å². The summed E-state index contributed by atoms with van der Waals surface area (Å²) in [6.45, 7) is 4.22. The Morgan fingerprint density at radius 1 is 1.50 bits per heavy atom. The first kappa shape index (κ1) is 8.52. The highest BCUT2D eigenvalue weighted by Crippen LogP contribution is 2.61. The first-order chi connectivity index (χ1) is 5.46. The molecule has 2 aliphatic carbocycles. The van der Waals surface area contributed by atoms with Crippen molar-refractivity contribution in [1.82, 2.24) is 0 Å². The summed E-state index contributed by atoms with van der Waals surface area (Å²) in [6.07, 6.45) is 4.33. The largest absolute Gasteiger partial charge is 0.393 e. The summed E-state index contributed by atoms with van der Waals surface area (Å²) in [4.78, 5) is 0. The quantitative estimate of drug-likeness (QED) is 0.621. The smallest absolute Gasteiger partial charge is 0.0549 e. The van der Waals surface area contributed by atoms with Crippen LogP contribution in [0.3, 0.4) is 0 Å². The van der Waals surface area contributed by atoms with Crippen LogP contribution in [0.4, 0.5) is 0 Å². The van der Waals surface area contributed by atoms with Crippen molar-refractivity contribution in [2.24, 2.45) is 17.1 Å². The SMILES string of the molecule is CC(C)(N)[C@@]12CCC1C[C@H](O)C2. The van der Waals surface area contributed by atoms with E-state index in [9.17, 15) is 5.11 Å². The van der Waals surface area contributed by atoms with Crippen molar-refractivity contribution in [2.45, 2.75) is 51.2 Å². The topological polar surface area (TPSA) is 46.2 Å². The Balaban J connectivity index is 2.22. The molecule has 2 rings (SSSR count). The summed E-state index contributed by atoms with van der Waals surface area (Å²) in [5.74, 6) is 0.701. The fraction of sp³-hybridized carbons (Fsp3) is 1.00. The lowest BCUT2D eigenvalue weighted by atomic mass is 9.53. The lowest BCUT2D eigenvalue weighted by Crippen LogP contribution is -2.57. The first-order valence-corrected chi connectivity index (χ1v) is 4.93. The van der Waals surface area contributed by atoms with Crippen LogP contribution in [0.5, 0.6) is 0 Å². The molecule has 0 saturated heterocycles. The second kappa shape index (κ2) is 2.24. The van der Waals surface area contributed by atoms with Gasteiger partial charge in [0.1, 0.15) is 0 Å². The van der Waals surface area contributed by atoms with Crippen LogP contribution in [0, 0.1) is 11.3 Å². The van der Waals surface area contributed by atoms with Gasteiger partial charge < -0.3 is 10.8 Å². The first-order valence-electron chi connectivity index (χ1n) is 4.93. The molecule has 2 saturated carbocycles. The maximum Gasteiger partial charge on any atom is 0.0549 e. The van der Waals surface area contributed by atoms with E-state index in [0.29, 0.717) is 5.92 Å². The van der Waals surface area contributed by atoms with Gasteiger partial charge in [0.15, 0.2) is 0 Å². The third kappa shape index (κ3) is 0.882. The Hall–Kier alpha value is -0.0800. The Bertz CT molecular complexity index is 197. The number of aliphatic hydroxyl groups excluding tert-OH is 1. The van der Waals surface area contributed by atoms with Crippen LogP contribution in [0.15, 0.2) is 0 Å². The van der Waals surface area contributed by atoms with Gasteiger partial charge in [0.05, 0.1) is 6.10 Å². The monoisotopic (exact) mass is 169 g/mol. The Morgan fingerprint density at radius 2 is 2.17 bits per heavy atom. The van der Waals surface area contributed by atoms with Crippen molar-refractivity contribution in [3.8, 4) is 0 Å². The highest BCUT2D eigenvalue weighted by Gasteiger charge is 2.59. The molecule has 0 bridgehead atoms. The van der Waals surface area contributed by atoms with Crippen LogP contribution in [0.25, 0.3) is 0 Å². The van der Waals surface area contributed by atoms with Gasteiger partial charge in [-0.1, -0.05) is 0 Å². The predicted octanol–water partition coefficient (Wildman–Crippen LogP) is 1.27. The van der Waals surface area contributed by atoms with Crippen molar-refractivity contribution in [3.63, 3.8) is 0 Å². The summed E-state index contributed by atoms with van der Waals surface area (Å²) in [6, 6.07) is 0. The summed E-state index contributed by atoms with van der Waals surface area (Å²) >= 11 is 0. The van der Waals surface area contributed by atoms with E-state index in [1.807, 2.05) is 0 Å². The Morgan fingerprint density at radius 3 is 2.42 bits per heavy atom. The second-order valence-electron chi connectivity index (χ2n) is 5.21. The minimum Gasteiger partial charge on any atom is -0.393 e. The standard InChI is InChI=1S/C10H19NO/c1-9(2,11)10-4-3-7(10)5-8(12)6-10/h7-8,12H,3-6,11H2,1-2H3/t7?,8-,10+/m0/s1. The Labute approximate surface area is 74.1 Å². The molecule has 2 nitrogen and oxygen atoms in total. The Kier molecular flexibility index (Phi) is 1.59. The molecule has 2 aliphatic rings. The molecule has 3 N–H and O–H groups in total. The lowest BCUT2D eigenvalue weighted by Gasteiger charge is -2.53. The van der Waals surface area contributed by atoms with E-state index in [0.717, 1.165) is 12.8 Å². The van der Waals surface area contributed by atoms with E-state index in [-0.39, 0.29) is 17.1 Å². The van der Waals surface area contributed by atoms with Gasteiger partial charge in [-0.3, -0.25) is 0 Å². The number of rotatable bonds is 1. The molecule has 70 valence electrons. The number of fused-ring (bicyclic) bond motifs is 1. The summed E-state index contributed by atoms with van der Waals surface area (Å²) in [5, 5.41) is 9.58. The van der Waals surface area contributed by atoms with Crippen molar-refractivity contribution < 1.29 is 5.11 Å². The zero-order valence-corrected chi connectivity index (χ0v) is 8.01. The average Bonchev–Trinajstić information content (AvgIpc) is 2.09. The van der Waals surface area contributed by atoms with Crippen molar-refractivity contribution in [2.75, 3.05) is 0 Å². The molecule has 0 aromatic rings. The highest BCUT2D eigenvalue weighted by molar-refractivity contribution is 5.12. The third-order valence-corrected chi connectivity index (χ3v) is 4.16. The van der Waals surface area contributed by atoms with E-state index in [2.05, 4.69) is 13.8 Å². The average molecular weight is 169 g/mol. The van der Waals surface area contributed by atoms with E-state index in [1.54, 1.807) is 0 Å². The van der Waals surface area contributed by atoms with Crippen LogP contribution >= 0.6 is 0 Å². The molecule has 0 aromatic heterocycles. The van der Waals surface area contributed by atoms with Gasteiger partial charge in [0.25, 0.3) is 0 Å². The molecule has 0 amide bonds. The number of hydrogen-bond donors (Lipinski definition) is 2. The van der Waals surface area contributed by atoms with Crippen LogP contribution < -0.4 is 5.73 Å². The summed E-state index contributed by atoms with van der Waals surface area (Å²) in [7, 11) is 0. The van der Waals surface area contributed by atoms with Gasteiger partial charge in [-0.2, -0.15) is 0 Å². The summed E-state index contributed by atoms with van der Waals surface area (Å²) in [5.41, 5.74) is 6.33. The third-order valence-electron chi connectivity index (χ3n) is 4.16. The van der Waals surface area contributed by atoms with Gasteiger partial charge >= 0.3 is 0 Å². The molecule has 1 unspecified atom stereocenters. The van der Waals surface area contributed by atoms with E-state index in [4.69, 9.17) is 5.73 Å². The molecular weight excluding hydrogens is 150 g/mol. The van der Waals surface area contributed by atoms with Crippen LogP contribution in [0.2, 0.25) is 0 Å². The molecule has 2 heteroatoms. The molecule has 0 radical (unpaired) electrons. The molecule has 12 heavy (non-hydrogen) atoms. The molecule has 0 aliphatic heterocycles. The normalized spacial score (nSPS) is 47.0. The van der Waals surface area contributed by atoms with Crippen LogP contribution in [0.1, 0.15) is 39.5 Å². The van der Waals surface area contributed by atoms with Gasteiger partial charge in [0.2, 0.25) is 0 Å². The maximum absolute atomic E-state index is 9.58. The molecule has 2 fully saturated rings. The van der Waals surface area contributed by atoms with Gasteiger partial charge in [0, 0.05) is 5.54 Å². The van der Waals surface area contributed by atoms with E-state index >= 15 is 0 Å². The van der Waals surface area contributed by atoms with Crippen LogP contribution in [-0.4, -0.2) is 16.7 Å². The number of nitrogens with two attached hydrogens (primary N) is 1. The highest BCUT2D eigenvalue weighted by atomic mass is 16.3. The molecule has 0 heterocycles. The van der Waals surface area contributed by atoms with Gasteiger partial charge in [-0.15, -0.1) is 0 Å². The van der Waals surface area contributed by atoms with Gasteiger partial charge in [-0.25, -0.2) is 0 Å². The second-order valence-corrected chi connectivity index (χ2v) is 5.21. The summed E-state index contributed by atoms with van der Waals surface area (Å²) < 4.78 is 0. The minimum absolute atomic E-state index is 0.0830. The van der Waals surface area contributed by atoms with E-state index in [1.165, 1.54) is 12.8 Å². The minimum atomic E-state index is -0.104. The van der Waals surface area contributed by atoms with Crippen molar-refractivity contribution in [3.05, 3.63) is 0 Å². The zero-order chi connectivity index (χ0) is 8.98. The predicted molar refractivity (Wildman–Crippen MR) is 48.7 cm³/mol. The molecule has 0 spiro atoms. The fourth-order valence-electron chi connectivity index (χ4n) is 3.25. The van der Waals surface area contributed by atoms with Gasteiger partial charge in [-0.05, 0) is 50.9 Å². The molecular formula is C10H19NO. The van der Waals surface area contributed by atoms with Crippen LogP contribution in [-0.2, 0) is 0 Å². The number of hydrogen-bond acceptors (Lipinski definition) is 2. The maximum atomic E-state index is 9.58. The fourth-order valence-corrected chi connectivity index (χ4v) is 3.25. The number of aliphatic hydroxyl groups is 1. The molecule has 0 aromatic carbocycles. The lowest BCUT2D eigenvalue weighted by molar-refractivity contribution is -0.0100. The molecule has 3 atom stereocenters. The van der Waals surface area contributed by atoms with Crippen molar-refractivity contribution in [1.29, 1.82) is 0 Å².